The Morgan fingerprint density at radius 3 is 1.26 bits per heavy atom. The molecule has 0 aliphatic rings. The maximum absolute atomic E-state index is 11.9. The molecule has 3 amide bonds. The SMILES string of the molecule is CC(CO)(CO)C(=O)NCc1ccc(S(N)(=O)=O)cc1.CC(CO)(CO)C(=O)Nc1ccc(S(N)(=O)=O)cc1.CC(CO)(CO)C(=O)Nc1ccccc1S(N)(=O)=O. The summed E-state index contributed by atoms with van der Waals surface area (Å²) in [6.07, 6.45) is 0. The summed E-state index contributed by atoms with van der Waals surface area (Å²) in [4.78, 5) is 35.2. The Hall–Kier alpha value is -4.44. The molecular formula is C34H50N6O15S3. The van der Waals surface area contributed by atoms with Crippen molar-refractivity contribution in [1.82, 2.24) is 5.32 Å². The van der Waals surface area contributed by atoms with Crippen LogP contribution in [0.15, 0.2) is 87.5 Å². The van der Waals surface area contributed by atoms with E-state index in [2.05, 4.69) is 16.0 Å². The number of nitrogens with one attached hydrogen (secondary N) is 3. The third kappa shape index (κ3) is 15.1. The molecule has 24 heteroatoms. The Bertz CT molecular complexity index is 2170. The van der Waals surface area contributed by atoms with Crippen LogP contribution in [-0.2, 0) is 51.0 Å². The lowest BCUT2D eigenvalue weighted by Crippen LogP contribution is -2.43. The van der Waals surface area contributed by atoms with Crippen molar-refractivity contribution in [2.75, 3.05) is 50.3 Å². The zero-order chi connectivity index (χ0) is 44.8. The monoisotopic (exact) mass is 878 g/mol. The highest BCUT2D eigenvalue weighted by Crippen LogP contribution is 2.24. The van der Waals surface area contributed by atoms with Gasteiger partial charge in [-0.15, -0.1) is 0 Å². The number of nitrogens with two attached hydrogens (primary N) is 3. The summed E-state index contributed by atoms with van der Waals surface area (Å²) in [5, 5.41) is 76.8. The number of primary sulfonamides is 3. The van der Waals surface area contributed by atoms with Gasteiger partial charge >= 0.3 is 0 Å². The molecular weight excluding hydrogens is 829 g/mol. The van der Waals surface area contributed by atoms with E-state index >= 15 is 0 Å². The van der Waals surface area contributed by atoms with Crippen molar-refractivity contribution in [3.8, 4) is 0 Å². The topological polar surface area (TPSA) is 389 Å². The summed E-state index contributed by atoms with van der Waals surface area (Å²) in [7, 11) is -11.5. The lowest BCUT2D eigenvalue weighted by atomic mass is 9.92. The number of benzene rings is 3. The molecule has 0 fully saturated rings. The molecule has 0 saturated carbocycles. The average Bonchev–Trinajstić information content (AvgIpc) is 3.18. The van der Waals surface area contributed by atoms with Crippen LogP contribution in [0.2, 0.25) is 0 Å². The first-order chi connectivity index (χ1) is 26.7. The van der Waals surface area contributed by atoms with E-state index in [9.17, 15) is 39.6 Å². The molecule has 0 aromatic heterocycles. The van der Waals surface area contributed by atoms with Gasteiger partial charge in [-0.2, -0.15) is 0 Å². The lowest BCUT2D eigenvalue weighted by molar-refractivity contribution is -0.135. The number of hydrogen-bond donors (Lipinski definition) is 12. The minimum atomic E-state index is -3.98. The van der Waals surface area contributed by atoms with Gasteiger partial charge < -0.3 is 46.6 Å². The van der Waals surface area contributed by atoms with E-state index in [1.165, 1.54) is 93.6 Å². The minimum Gasteiger partial charge on any atom is -0.395 e. The van der Waals surface area contributed by atoms with Gasteiger partial charge in [-0.3, -0.25) is 14.4 Å². The number of aliphatic hydroxyl groups excluding tert-OH is 6. The first-order valence-corrected chi connectivity index (χ1v) is 21.3. The Balaban J connectivity index is 0.000000435. The predicted molar refractivity (Wildman–Crippen MR) is 209 cm³/mol. The van der Waals surface area contributed by atoms with E-state index in [1.54, 1.807) is 0 Å². The van der Waals surface area contributed by atoms with Crippen LogP contribution < -0.4 is 31.4 Å². The fraction of sp³-hybridized carbons (Fsp3) is 0.382. The Morgan fingerprint density at radius 2 is 0.879 bits per heavy atom. The van der Waals surface area contributed by atoms with Crippen LogP contribution in [0, 0.1) is 16.2 Å². The van der Waals surface area contributed by atoms with Crippen molar-refractivity contribution in [2.45, 2.75) is 42.0 Å². The van der Waals surface area contributed by atoms with Gasteiger partial charge in [0.2, 0.25) is 47.8 Å². The van der Waals surface area contributed by atoms with Crippen molar-refractivity contribution in [1.29, 1.82) is 0 Å². The Labute approximate surface area is 336 Å². The van der Waals surface area contributed by atoms with E-state index < -0.39 is 104 Å². The number of aliphatic hydroxyl groups is 6. The molecule has 15 N–H and O–H groups in total. The molecule has 0 aliphatic carbocycles. The van der Waals surface area contributed by atoms with Gasteiger partial charge in [0.25, 0.3) is 0 Å². The second kappa shape index (κ2) is 21.5. The van der Waals surface area contributed by atoms with Crippen LogP contribution in [0.25, 0.3) is 0 Å². The average molecular weight is 879 g/mol. The predicted octanol–water partition coefficient (Wildman–Crippen LogP) is -2.53. The van der Waals surface area contributed by atoms with Gasteiger partial charge in [0.05, 0.1) is 71.4 Å². The van der Waals surface area contributed by atoms with Gasteiger partial charge in [0, 0.05) is 12.2 Å². The number of hydrogen-bond acceptors (Lipinski definition) is 15. The first kappa shape index (κ1) is 51.6. The standard InChI is InChI=1S/C12H18N2O5S.2C11H16N2O5S/c1-12(7-15,8-16)11(17)14-6-9-2-4-10(5-3-9)20(13,18)19;1-11(6-14,7-15)10(16)13-8-2-4-9(5-3-8)19(12,17)18;1-11(6-14,7-15)10(16)13-8-4-2-3-5-9(8)19(12,17)18/h2-5,15-16H,6-8H2,1H3,(H,14,17)(H2,13,18,19);2*2-5,14-15H,6-7H2,1H3,(H,13,16)(H2,12,17,18). The van der Waals surface area contributed by atoms with Crippen molar-refractivity contribution >= 4 is 59.2 Å². The van der Waals surface area contributed by atoms with E-state index in [1.807, 2.05) is 0 Å². The largest absolute Gasteiger partial charge is 0.395 e. The smallest absolute Gasteiger partial charge is 0.240 e. The van der Waals surface area contributed by atoms with Crippen LogP contribution >= 0.6 is 0 Å². The van der Waals surface area contributed by atoms with E-state index in [0.29, 0.717) is 11.3 Å². The summed E-state index contributed by atoms with van der Waals surface area (Å²) in [6.45, 7) is 1.23. The summed E-state index contributed by atoms with van der Waals surface area (Å²) >= 11 is 0. The van der Waals surface area contributed by atoms with Crippen LogP contribution in [0.4, 0.5) is 11.4 Å². The number of rotatable bonds is 16. The molecule has 21 nitrogen and oxygen atoms in total. The third-order valence-electron chi connectivity index (χ3n) is 8.33. The van der Waals surface area contributed by atoms with Crippen LogP contribution in [-0.4, -0.2) is 113 Å². The molecule has 0 radical (unpaired) electrons. The Morgan fingerprint density at radius 1 is 0.517 bits per heavy atom. The van der Waals surface area contributed by atoms with E-state index in [-0.39, 0.29) is 26.9 Å². The zero-order valence-corrected chi connectivity index (χ0v) is 34.1. The maximum atomic E-state index is 11.9. The van der Waals surface area contributed by atoms with Crippen LogP contribution in [0.1, 0.15) is 26.3 Å². The molecule has 0 heterocycles. The van der Waals surface area contributed by atoms with Crippen molar-refractivity contribution in [3.05, 3.63) is 78.4 Å². The molecule has 0 atom stereocenters. The van der Waals surface area contributed by atoms with Gasteiger partial charge in [0.1, 0.15) is 4.90 Å². The van der Waals surface area contributed by atoms with E-state index in [4.69, 9.17) is 46.1 Å². The molecule has 58 heavy (non-hydrogen) atoms. The second-order valence-corrected chi connectivity index (χ2v) is 18.2. The molecule has 0 unspecified atom stereocenters. The highest BCUT2D eigenvalue weighted by atomic mass is 32.2. The fourth-order valence-electron chi connectivity index (χ4n) is 3.87. The normalized spacial score (nSPS) is 12.2. The lowest BCUT2D eigenvalue weighted by Gasteiger charge is -2.23. The van der Waals surface area contributed by atoms with Gasteiger partial charge in [0.15, 0.2) is 0 Å². The van der Waals surface area contributed by atoms with Crippen LogP contribution in [0.3, 0.4) is 0 Å². The first-order valence-electron chi connectivity index (χ1n) is 16.6. The maximum Gasteiger partial charge on any atom is 0.240 e. The number of anilines is 2. The van der Waals surface area contributed by atoms with Gasteiger partial charge in [-0.1, -0.05) is 24.3 Å². The summed E-state index contributed by atoms with van der Waals surface area (Å²) in [6, 6.07) is 16.6. The quantitative estimate of drug-likeness (QED) is 0.0706. The van der Waals surface area contributed by atoms with Gasteiger partial charge in [-0.05, 0) is 74.9 Å². The van der Waals surface area contributed by atoms with Gasteiger partial charge in [-0.25, -0.2) is 40.7 Å². The number of carbonyl (C=O) groups excluding carboxylic acids is 3. The second-order valence-electron chi connectivity index (χ2n) is 13.5. The third-order valence-corrected chi connectivity index (χ3v) is 11.2. The van der Waals surface area contributed by atoms with Crippen molar-refractivity contribution in [2.24, 2.45) is 31.7 Å². The Kier molecular flexibility index (Phi) is 19.1. The highest BCUT2D eigenvalue weighted by Gasteiger charge is 2.34. The molecule has 3 aromatic carbocycles. The summed E-state index contributed by atoms with van der Waals surface area (Å²) < 4.78 is 66.9. The molecule has 0 saturated heterocycles. The molecule has 3 aromatic rings. The van der Waals surface area contributed by atoms with Crippen LogP contribution in [0.5, 0.6) is 0 Å². The summed E-state index contributed by atoms with van der Waals surface area (Å²) in [5.74, 6) is -1.76. The zero-order valence-electron chi connectivity index (χ0n) is 31.7. The molecule has 3 rings (SSSR count). The number of para-hydroxylation sites is 1. The fourth-order valence-corrected chi connectivity index (χ4v) is 5.60. The molecule has 0 spiro atoms. The minimum absolute atomic E-state index is 0.00289. The molecule has 324 valence electrons. The van der Waals surface area contributed by atoms with E-state index in [0.717, 1.165) is 0 Å². The molecule has 0 aliphatic heterocycles. The number of amides is 3. The van der Waals surface area contributed by atoms with Crippen molar-refractivity contribution in [3.63, 3.8) is 0 Å². The number of sulfonamides is 3. The summed E-state index contributed by atoms with van der Waals surface area (Å²) in [5.41, 5.74) is -2.96. The van der Waals surface area contributed by atoms with Crippen molar-refractivity contribution < 1.29 is 70.3 Å². The molecule has 0 bridgehead atoms. The highest BCUT2D eigenvalue weighted by molar-refractivity contribution is 7.89. The number of carbonyl (C=O) groups is 3.